The second-order valence-electron chi connectivity index (χ2n) is 11.4. The molecule has 0 saturated carbocycles. The lowest BCUT2D eigenvalue weighted by Crippen LogP contribution is -2.26. The topological polar surface area (TPSA) is 72.8 Å². The molecule has 0 bridgehead atoms. The normalized spacial score (nSPS) is 15.5. The molecule has 3 aromatic rings. The van der Waals surface area contributed by atoms with Crippen LogP contribution in [-0.2, 0) is 21.5 Å². The van der Waals surface area contributed by atoms with E-state index in [-0.39, 0.29) is 22.7 Å². The Hall–Kier alpha value is -2.90. The number of unbranched alkanes of at least 4 members (excludes halogenated alkanes) is 4. The molecule has 220 valence electrons. The Morgan fingerprint density at radius 2 is 1.69 bits per heavy atom. The average Bonchev–Trinajstić information content (AvgIpc) is 3.71. The fourth-order valence-electron chi connectivity index (χ4n) is 6.44. The highest BCUT2D eigenvalue weighted by atomic mass is 79.9. The van der Waals surface area contributed by atoms with Crippen molar-refractivity contribution >= 4 is 50.5 Å². The quantitative estimate of drug-likeness (QED) is 0.0575. The van der Waals surface area contributed by atoms with Crippen LogP contribution in [-0.4, -0.2) is 28.6 Å². The molecule has 1 heterocycles. The largest absolute Gasteiger partial charge is 0.335 e. The highest BCUT2D eigenvalue weighted by molar-refractivity contribution is 9.09. The predicted molar refractivity (Wildman–Crippen MR) is 173 cm³/mol. The van der Waals surface area contributed by atoms with Crippen molar-refractivity contribution in [1.82, 2.24) is 0 Å². The number of ketones is 2. The smallest absolute Gasteiger partial charge is 0.318 e. The number of oxime groups is 1. The van der Waals surface area contributed by atoms with Crippen LogP contribution in [0, 0.1) is 0 Å². The van der Waals surface area contributed by atoms with Crippen LogP contribution < -0.4 is 0 Å². The molecular formula is C35H38BrNO4S. The third-order valence-corrected chi connectivity index (χ3v) is 10.1. The number of rotatable bonds is 14. The summed E-state index contributed by atoms with van der Waals surface area (Å²) in [5, 5.41) is 6.88. The molecule has 0 saturated heterocycles. The van der Waals surface area contributed by atoms with Crippen LogP contribution in [0.2, 0.25) is 0 Å². The molecular weight excluding hydrogens is 610 g/mol. The number of hydrogen-bond acceptors (Lipinski definition) is 6. The van der Waals surface area contributed by atoms with Crippen LogP contribution in [0.4, 0.5) is 0 Å². The summed E-state index contributed by atoms with van der Waals surface area (Å²) in [4.78, 5) is 44.9. The zero-order valence-electron chi connectivity index (χ0n) is 24.5. The molecule has 1 aromatic heterocycles. The Morgan fingerprint density at radius 3 is 2.38 bits per heavy atom. The molecule has 0 atom stereocenters. The standard InChI is InChI=1S/C35H38BrNO4S/c1-3-5-15-35(16-6-4-2)28-19-23(33(39)31-11-10-18-42-31)13-14-25(28)27-22-26-24(20-29(27)35)21-30(34(26)40)37-41-32(38)12-8-7-9-17-36/h10-11,13-14,18-20,22H,3-9,12,15-17,21H2,1-2H3/b37-30-. The zero-order valence-corrected chi connectivity index (χ0v) is 26.9. The van der Waals surface area contributed by atoms with Crippen LogP contribution >= 0.6 is 27.3 Å². The Balaban J connectivity index is 1.51. The van der Waals surface area contributed by atoms with Gasteiger partial charge in [-0.15, -0.1) is 11.3 Å². The van der Waals surface area contributed by atoms with Gasteiger partial charge in [-0.2, -0.15) is 0 Å². The molecule has 2 aliphatic rings. The number of Topliss-reactive ketones (excluding diaryl/α,β-unsaturated/α-hetero) is 1. The van der Waals surface area contributed by atoms with Crippen molar-refractivity contribution in [3.05, 3.63) is 80.5 Å². The van der Waals surface area contributed by atoms with Crippen LogP contribution in [0.5, 0.6) is 0 Å². The minimum absolute atomic E-state index is 0.0554. The van der Waals surface area contributed by atoms with Crippen LogP contribution in [0.1, 0.15) is 120 Å². The summed E-state index contributed by atoms with van der Waals surface area (Å²) in [5.74, 6) is -0.520. The van der Waals surface area contributed by atoms with Crippen molar-refractivity contribution in [2.45, 2.75) is 89.9 Å². The van der Waals surface area contributed by atoms with Gasteiger partial charge >= 0.3 is 5.97 Å². The molecule has 42 heavy (non-hydrogen) atoms. The second kappa shape index (κ2) is 13.6. The number of thiophene rings is 1. The maximum Gasteiger partial charge on any atom is 0.335 e. The Labute approximate surface area is 260 Å². The van der Waals surface area contributed by atoms with Gasteiger partial charge in [0.1, 0.15) is 5.71 Å². The first-order valence-electron chi connectivity index (χ1n) is 15.2. The van der Waals surface area contributed by atoms with Gasteiger partial charge in [0.05, 0.1) is 4.88 Å². The van der Waals surface area contributed by atoms with E-state index in [2.05, 4.69) is 53.1 Å². The SMILES string of the molecule is CCCCC1(CCCC)c2cc(C(=O)c3cccs3)ccc2-c2cc3c(cc21)C/C(=N/OC(=O)CCCCCBr)C3=O. The zero-order chi connectivity index (χ0) is 29.7. The average molecular weight is 649 g/mol. The van der Waals surface area contributed by atoms with Crippen molar-refractivity contribution in [2.75, 3.05) is 5.33 Å². The summed E-state index contributed by atoms with van der Waals surface area (Å²) in [6, 6.07) is 14.2. The predicted octanol–water partition coefficient (Wildman–Crippen LogP) is 9.22. The van der Waals surface area contributed by atoms with E-state index in [4.69, 9.17) is 4.84 Å². The van der Waals surface area contributed by atoms with Gasteiger partial charge in [0.2, 0.25) is 11.6 Å². The van der Waals surface area contributed by atoms with E-state index in [1.165, 1.54) is 22.5 Å². The summed E-state index contributed by atoms with van der Waals surface area (Å²) in [6.07, 6.45) is 9.61. The molecule has 0 radical (unpaired) electrons. The van der Waals surface area contributed by atoms with Crippen LogP contribution in [0.15, 0.2) is 53.0 Å². The number of nitrogens with zero attached hydrogens (tertiary/aromatic N) is 1. The van der Waals surface area contributed by atoms with Gasteiger partial charge in [-0.05, 0) is 77.1 Å². The maximum absolute atomic E-state index is 13.4. The summed E-state index contributed by atoms with van der Waals surface area (Å²) < 4.78 is 0. The van der Waals surface area contributed by atoms with Gasteiger partial charge in [-0.3, -0.25) is 9.59 Å². The number of alkyl halides is 1. The van der Waals surface area contributed by atoms with E-state index < -0.39 is 5.97 Å². The summed E-state index contributed by atoms with van der Waals surface area (Å²) >= 11 is 4.87. The van der Waals surface area contributed by atoms with Crippen molar-refractivity contribution < 1.29 is 19.2 Å². The number of halogens is 1. The van der Waals surface area contributed by atoms with E-state index in [9.17, 15) is 14.4 Å². The summed E-state index contributed by atoms with van der Waals surface area (Å²) in [7, 11) is 0. The Kier molecular flexibility index (Phi) is 9.89. The molecule has 0 fully saturated rings. The lowest BCUT2D eigenvalue weighted by molar-refractivity contribution is -0.143. The van der Waals surface area contributed by atoms with Crippen molar-refractivity contribution in [2.24, 2.45) is 5.16 Å². The summed E-state index contributed by atoms with van der Waals surface area (Å²) in [6.45, 7) is 4.43. The number of carbonyl (C=O) groups is 3. The molecule has 0 spiro atoms. The van der Waals surface area contributed by atoms with Crippen LogP contribution in [0.25, 0.3) is 11.1 Å². The number of fused-ring (bicyclic) bond motifs is 4. The first kappa shape index (κ1) is 30.6. The van der Waals surface area contributed by atoms with Crippen LogP contribution in [0.3, 0.4) is 0 Å². The minimum Gasteiger partial charge on any atom is -0.318 e. The molecule has 0 unspecified atom stereocenters. The van der Waals surface area contributed by atoms with E-state index in [0.717, 1.165) is 84.7 Å². The number of benzene rings is 2. The second-order valence-corrected chi connectivity index (χ2v) is 13.2. The van der Waals surface area contributed by atoms with E-state index in [1.807, 2.05) is 29.6 Å². The Morgan fingerprint density at radius 1 is 0.929 bits per heavy atom. The first-order valence-corrected chi connectivity index (χ1v) is 17.2. The molecule has 0 amide bonds. The third kappa shape index (κ3) is 5.96. The fourth-order valence-corrected chi connectivity index (χ4v) is 7.52. The fraction of sp³-hybridized carbons (Fsp3) is 0.429. The minimum atomic E-state index is -0.400. The van der Waals surface area contributed by atoms with Gasteiger partial charge in [0, 0.05) is 34.7 Å². The van der Waals surface area contributed by atoms with Crippen molar-refractivity contribution in [3.63, 3.8) is 0 Å². The van der Waals surface area contributed by atoms with Crippen molar-refractivity contribution in [3.8, 4) is 11.1 Å². The molecule has 2 aromatic carbocycles. The molecule has 5 rings (SSSR count). The maximum atomic E-state index is 13.4. The van der Waals surface area contributed by atoms with E-state index in [1.54, 1.807) is 0 Å². The molecule has 0 aliphatic heterocycles. The van der Waals surface area contributed by atoms with Gasteiger partial charge < -0.3 is 4.84 Å². The molecule has 5 nitrogen and oxygen atoms in total. The first-order chi connectivity index (χ1) is 20.4. The van der Waals surface area contributed by atoms with Gasteiger partial charge in [-0.25, -0.2) is 4.79 Å². The Bertz CT molecular complexity index is 1500. The number of carbonyl (C=O) groups excluding carboxylic acids is 3. The molecule has 7 heteroatoms. The lowest BCUT2D eigenvalue weighted by atomic mass is 9.70. The third-order valence-electron chi connectivity index (χ3n) is 8.64. The molecule has 0 N–H and O–H groups in total. The summed E-state index contributed by atoms with van der Waals surface area (Å²) in [5.41, 5.74) is 6.99. The number of hydrogen-bond donors (Lipinski definition) is 0. The molecule has 2 aliphatic carbocycles. The van der Waals surface area contributed by atoms with Crippen molar-refractivity contribution in [1.29, 1.82) is 0 Å². The highest BCUT2D eigenvalue weighted by Gasteiger charge is 2.44. The highest BCUT2D eigenvalue weighted by Crippen LogP contribution is 2.55. The monoisotopic (exact) mass is 647 g/mol. The van der Waals surface area contributed by atoms with Gasteiger partial charge in [0.15, 0.2) is 0 Å². The lowest BCUT2D eigenvalue weighted by Gasteiger charge is -2.33. The van der Waals surface area contributed by atoms with Gasteiger partial charge in [-0.1, -0.05) is 91.3 Å². The van der Waals surface area contributed by atoms with Gasteiger partial charge in [0.25, 0.3) is 0 Å². The van der Waals surface area contributed by atoms with E-state index >= 15 is 0 Å². The van der Waals surface area contributed by atoms with E-state index in [0.29, 0.717) is 24.0 Å².